The third kappa shape index (κ3) is 5.07. The molecule has 0 saturated heterocycles. The van der Waals surface area contributed by atoms with Crippen LogP contribution < -0.4 is 10.3 Å². The lowest BCUT2D eigenvalue weighted by atomic mass is 10.0. The van der Waals surface area contributed by atoms with Gasteiger partial charge in [-0.05, 0) is 24.3 Å². The molecule has 0 amide bonds. The number of ether oxygens (including phenoxy) is 2. The summed E-state index contributed by atoms with van der Waals surface area (Å²) in [4.78, 5) is 29.7. The highest BCUT2D eigenvalue weighted by Crippen LogP contribution is 2.24. The molecule has 0 N–H and O–H groups in total. The molecule has 166 valence electrons. The first-order chi connectivity index (χ1) is 15.3. The summed E-state index contributed by atoms with van der Waals surface area (Å²) in [5.41, 5.74) is -0.790. The van der Waals surface area contributed by atoms with Crippen LogP contribution in [0.15, 0.2) is 39.8 Å². The van der Waals surface area contributed by atoms with E-state index < -0.39 is 17.2 Å². The first-order valence-corrected chi connectivity index (χ1v) is 9.77. The number of nitrogens with zero attached hydrogens (tertiary/aromatic N) is 4. The molecule has 0 unspecified atom stereocenters. The van der Waals surface area contributed by atoms with Crippen LogP contribution in [0.2, 0.25) is 0 Å². The van der Waals surface area contributed by atoms with Crippen LogP contribution in [-0.4, -0.2) is 34.2 Å². The summed E-state index contributed by atoms with van der Waals surface area (Å²) in [6.45, 7) is 4.05. The summed E-state index contributed by atoms with van der Waals surface area (Å²) in [7, 11) is 1.47. The Morgan fingerprint density at radius 3 is 2.78 bits per heavy atom. The van der Waals surface area contributed by atoms with Crippen LogP contribution in [0.5, 0.6) is 5.75 Å². The van der Waals surface area contributed by atoms with Gasteiger partial charge in [-0.2, -0.15) is 10.2 Å². The molecule has 9 nitrogen and oxygen atoms in total. The molecule has 3 aromatic rings. The Morgan fingerprint density at radius 1 is 1.34 bits per heavy atom. The van der Waals surface area contributed by atoms with Crippen molar-refractivity contribution in [3.8, 4) is 11.8 Å². The number of hydrogen-bond acceptors (Lipinski definition) is 8. The van der Waals surface area contributed by atoms with Gasteiger partial charge in [0.25, 0.3) is 5.56 Å². The van der Waals surface area contributed by atoms with Crippen LogP contribution >= 0.6 is 0 Å². The molecular formula is C22H21FN4O5. The van der Waals surface area contributed by atoms with Gasteiger partial charge in [-0.3, -0.25) is 9.59 Å². The highest BCUT2D eigenvalue weighted by molar-refractivity contribution is 6.10. The lowest BCUT2D eigenvalue weighted by molar-refractivity contribution is 0.103. The molecule has 32 heavy (non-hydrogen) atoms. The maximum atomic E-state index is 14.0. The third-order valence-corrected chi connectivity index (χ3v) is 4.53. The molecule has 0 aliphatic carbocycles. The molecule has 0 bridgehead atoms. The lowest BCUT2D eigenvalue weighted by Crippen LogP contribution is -2.25. The van der Waals surface area contributed by atoms with Gasteiger partial charge in [-0.15, -0.1) is 0 Å². The van der Waals surface area contributed by atoms with Gasteiger partial charge < -0.3 is 18.6 Å². The predicted molar refractivity (Wildman–Crippen MR) is 110 cm³/mol. The molecule has 10 heteroatoms. The summed E-state index contributed by atoms with van der Waals surface area (Å²) in [5.74, 6) is -0.394. The average molecular weight is 440 g/mol. The average Bonchev–Trinajstić information content (AvgIpc) is 3.26. The molecule has 0 radical (unpaired) electrons. The van der Waals surface area contributed by atoms with E-state index in [-0.39, 0.29) is 53.9 Å². The highest BCUT2D eigenvalue weighted by Gasteiger charge is 2.20. The van der Waals surface area contributed by atoms with Crippen molar-refractivity contribution in [3.05, 3.63) is 75.0 Å². The van der Waals surface area contributed by atoms with Crippen LogP contribution in [0.3, 0.4) is 0 Å². The Kier molecular flexibility index (Phi) is 7.12. The molecule has 0 aliphatic rings. The van der Waals surface area contributed by atoms with E-state index in [0.717, 1.165) is 12.1 Å². The monoisotopic (exact) mass is 440 g/mol. The molecule has 0 fully saturated rings. The van der Waals surface area contributed by atoms with Crippen LogP contribution in [0.25, 0.3) is 0 Å². The normalized spacial score (nSPS) is 10.9. The minimum atomic E-state index is -0.643. The van der Waals surface area contributed by atoms with E-state index in [2.05, 4.69) is 10.1 Å². The Balaban J connectivity index is 1.93. The Morgan fingerprint density at radius 2 is 2.12 bits per heavy atom. The second-order valence-corrected chi connectivity index (χ2v) is 7.21. The number of carbonyl (C=O) groups is 1. The van der Waals surface area contributed by atoms with E-state index >= 15 is 0 Å². The van der Waals surface area contributed by atoms with Crippen molar-refractivity contribution in [1.29, 1.82) is 5.26 Å². The van der Waals surface area contributed by atoms with Crippen LogP contribution in [-0.2, 0) is 17.9 Å². The zero-order chi connectivity index (χ0) is 23.3. The molecule has 0 atom stereocenters. The molecular weight excluding hydrogens is 419 g/mol. The number of methoxy groups -OCH3 is 1. The van der Waals surface area contributed by atoms with E-state index in [9.17, 15) is 19.2 Å². The number of ketones is 1. The summed E-state index contributed by atoms with van der Waals surface area (Å²) in [6, 6.07) is 6.47. The number of aromatic nitrogens is 3. The van der Waals surface area contributed by atoms with Gasteiger partial charge in [0.1, 0.15) is 23.2 Å². The van der Waals surface area contributed by atoms with E-state index in [0.29, 0.717) is 5.89 Å². The summed E-state index contributed by atoms with van der Waals surface area (Å²) in [6.07, 6.45) is 1.31. The predicted octanol–water partition coefficient (Wildman–Crippen LogP) is 2.82. The van der Waals surface area contributed by atoms with Gasteiger partial charge in [0.2, 0.25) is 11.7 Å². The molecule has 0 saturated carbocycles. The molecule has 1 aromatic carbocycles. The van der Waals surface area contributed by atoms with Gasteiger partial charge in [0, 0.05) is 31.3 Å². The number of nitriles is 1. The number of halogens is 1. The fourth-order valence-corrected chi connectivity index (χ4v) is 2.86. The van der Waals surface area contributed by atoms with Gasteiger partial charge in [-0.1, -0.05) is 19.0 Å². The maximum Gasteiger partial charge on any atom is 0.268 e. The van der Waals surface area contributed by atoms with Crippen molar-refractivity contribution in [2.24, 2.45) is 0 Å². The van der Waals surface area contributed by atoms with Crippen molar-refractivity contribution in [2.75, 3.05) is 13.7 Å². The minimum absolute atomic E-state index is 0.0364. The SMILES string of the molecule is COCCn1cc(C(=O)c2cc(F)ccc2OCc2noc(C(C)C)n2)cc(C#N)c1=O. The van der Waals surface area contributed by atoms with E-state index in [4.69, 9.17) is 14.0 Å². The first-order valence-electron chi connectivity index (χ1n) is 9.77. The highest BCUT2D eigenvalue weighted by atomic mass is 19.1. The fraction of sp³-hybridized carbons (Fsp3) is 0.318. The maximum absolute atomic E-state index is 14.0. The van der Waals surface area contributed by atoms with Crippen molar-refractivity contribution in [3.63, 3.8) is 0 Å². The van der Waals surface area contributed by atoms with Crippen LogP contribution in [0.1, 0.15) is 53.0 Å². The number of hydrogen-bond donors (Lipinski definition) is 0. The fourth-order valence-electron chi connectivity index (χ4n) is 2.86. The molecule has 2 aromatic heterocycles. The molecule has 0 spiro atoms. The number of pyridine rings is 1. The van der Waals surface area contributed by atoms with Crippen molar-refractivity contribution < 1.29 is 23.2 Å². The van der Waals surface area contributed by atoms with Gasteiger partial charge in [-0.25, -0.2) is 4.39 Å². The van der Waals surface area contributed by atoms with E-state index in [1.807, 2.05) is 13.8 Å². The van der Waals surface area contributed by atoms with Crippen LogP contribution in [0, 0.1) is 17.1 Å². The smallest absolute Gasteiger partial charge is 0.268 e. The van der Waals surface area contributed by atoms with Crippen molar-refractivity contribution in [2.45, 2.75) is 32.9 Å². The second kappa shape index (κ2) is 9.98. The summed E-state index contributed by atoms with van der Waals surface area (Å²) >= 11 is 0. The number of rotatable bonds is 9. The summed E-state index contributed by atoms with van der Waals surface area (Å²) < 4.78 is 30.9. The summed E-state index contributed by atoms with van der Waals surface area (Å²) in [5, 5.41) is 13.1. The zero-order valence-electron chi connectivity index (χ0n) is 17.8. The molecule has 2 heterocycles. The zero-order valence-corrected chi connectivity index (χ0v) is 17.8. The molecule has 3 rings (SSSR count). The third-order valence-electron chi connectivity index (χ3n) is 4.53. The van der Waals surface area contributed by atoms with Crippen molar-refractivity contribution >= 4 is 5.78 Å². The quantitative estimate of drug-likeness (QED) is 0.466. The molecule has 0 aliphatic heterocycles. The van der Waals surface area contributed by atoms with Gasteiger partial charge in [0.05, 0.1) is 12.2 Å². The Labute approximate surface area is 183 Å². The Bertz CT molecular complexity index is 1230. The van der Waals surface area contributed by atoms with Crippen molar-refractivity contribution in [1.82, 2.24) is 14.7 Å². The minimum Gasteiger partial charge on any atom is -0.485 e. The van der Waals surface area contributed by atoms with Crippen LogP contribution in [0.4, 0.5) is 4.39 Å². The number of benzene rings is 1. The first kappa shape index (κ1) is 22.8. The largest absolute Gasteiger partial charge is 0.485 e. The van der Waals surface area contributed by atoms with E-state index in [1.54, 1.807) is 6.07 Å². The number of carbonyl (C=O) groups excluding carboxylic acids is 1. The second-order valence-electron chi connectivity index (χ2n) is 7.21. The topological polar surface area (TPSA) is 120 Å². The van der Waals surface area contributed by atoms with Gasteiger partial charge in [0.15, 0.2) is 12.4 Å². The Hall–Kier alpha value is -3.84. The standard InChI is InChI=1S/C22H21FN4O5/c1-13(2)21-25-19(26-32-21)12-31-18-5-4-16(23)9-17(18)20(28)15-8-14(10-24)22(29)27(11-15)6-7-30-3/h4-5,8-9,11,13H,6-7,12H2,1-3H3. The lowest BCUT2D eigenvalue weighted by Gasteiger charge is -2.12. The van der Waals surface area contributed by atoms with E-state index in [1.165, 1.54) is 30.0 Å². The van der Waals surface area contributed by atoms with Gasteiger partial charge >= 0.3 is 0 Å².